The van der Waals surface area contributed by atoms with E-state index in [4.69, 9.17) is 57.3 Å². The average molecular weight is 1970 g/mol. The smallest absolute Gasteiger partial charge is 0.418 e. The molecule has 11 rings (SSSR count). The van der Waals surface area contributed by atoms with Gasteiger partial charge in [-0.3, -0.25) is 28.8 Å². The van der Waals surface area contributed by atoms with Gasteiger partial charge in [-0.1, -0.05) is 85.4 Å². The molecule has 3 aromatic rings. The fraction of sp³-hybridized carbons (Fsp3) is 0.608. The zero-order valence-electron chi connectivity index (χ0n) is 79.8. The molecule has 4 aliphatic heterocycles. The van der Waals surface area contributed by atoms with E-state index in [1.165, 1.54) is 93.7 Å². The zero-order valence-corrected chi connectivity index (χ0v) is 83.1. The topological polar surface area (TPSA) is 378 Å². The molecule has 35 heteroatoms. The predicted octanol–water partition coefficient (Wildman–Crippen LogP) is 16.7. The second-order valence-electron chi connectivity index (χ2n) is 37.5. The number of benzene rings is 3. The summed E-state index contributed by atoms with van der Waals surface area (Å²) in [5, 5.41) is 16.1. The number of imide groups is 2. The first kappa shape index (κ1) is 107. The quantitative estimate of drug-likeness (QED) is 0.00968. The number of amides is 8. The van der Waals surface area contributed by atoms with Crippen molar-refractivity contribution in [3.8, 4) is 5.75 Å². The van der Waals surface area contributed by atoms with E-state index in [-0.39, 0.29) is 69.2 Å². The molecular formula is C97H137Cl2N9O23Ru. The number of hydrogen-bond acceptors (Lipinski definition) is 24. The number of non-ortho nitro benzene ring substituents is 1. The molecule has 0 aromatic heterocycles. The number of aromatic hydroxyl groups is 1. The molecule has 8 amide bonds. The number of aryl methyl sites for hydroxylation is 6. The number of anilines is 2. The van der Waals surface area contributed by atoms with Crippen LogP contribution in [0.15, 0.2) is 79.9 Å². The maximum atomic E-state index is 14.5. The third kappa shape index (κ3) is 29.3. The number of alkyl carbamates (subject to hydrolysis) is 2. The summed E-state index contributed by atoms with van der Waals surface area (Å²) in [5.41, 5.74) is 6.06. The van der Waals surface area contributed by atoms with Crippen LogP contribution >= 0.6 is 19.4 Å². The third-order valence-electron chi connectivity index (χ3n) is 24.0. The molecule has 10 atom stereocenters. The molecule has 4 heterocycles. The number of nitro groups is 1. The van der Waals surface area contributed by atoms with Crippen molar-refractivity contribution >= 4 is 113 Å². The van der Waals surface area contributed by atoms with Crippen molar-refractivity contribution in [1.82, 2.24) is 30.2 Å². The number of nitro benzene ring substituents is 1. The number of allylic oxidation sites excluding steroid dienone is 2. The Balaban J connectivity index is 0.000000232. The van der Waals surface area contributed by atoms with E-state index in [1.807, 2.05) is 32.1 Å². The molecule has 3 N–H and O–H groups in total. The maximum Gasteiger partial charge on any atom is 0.418 e. The second kappa shape index (κ2) is 48.3. The molecule has 0 unspecified atom stereocenters. The van der Waals surface area contributed by atoms with Crippen LogP contribution in [-0.2, 0) is 89.8 Å². The largest absolute Gasteiger partial charge is 0.502 e. The van der Waals surface area contributed by atoms with Gasteiger partial charge in [0.2, 0.25) is 11.8 Å². The normalized spacial score (nSPS) is 23.0. The van der Waals surface area contributed by atoms with Crippen LogP contribution in [0.4, 0.5) is 36.2 Å². The van der Waals surface area contributed by atoms with Crippen molar-refractivity contribution in [2.45, 2.75) is 329 Å². The molecule has 4 aliphatic carbocycles. The van der Waals surface area contributed by atoms with Gasteiger partial charge in [0.05, 0.1) is 27.3 Å². The standard InChI is InChI=1S/C34H51N3O10.C32H47N3O10.C21H27N2.C10H11NO3.2ClH.Ru/c1-8-10-11-12-13-18-26(35-31(42)46-24-16-14-15-17-24)28(39)36-21-25(45-22(3)38)19-27(36)29(40)37(32(43)47-33(4,5)6)34(30(41)44-7)20-23(34)9-2;1-20(36)43-23-17-25-27(38)35(30(41)45-31(2,3)4)32(28(39)42-5)18-21(32)13-9-7-6-8-10-16-24(26(37)34(25)19-23)33-29(40)44-22-14-11-12-15-22;1-14-9-16(3)20(17(4)10-14)22-7-8-23(13-22)21-18(5)11-15(2)12-19(21)6;1-7(2)14-10-5-4-9(11(12)13)6-8(10)3;;;/h8-9,23-27H,1-2,10-21H2,3-7H3,(H,35,42);9,13,21-25H,6-8,10-12,14-19H2,1-5H3,(H,33,40);9-13H,7-8H2,1-6H3;3-7H,1-2H3;2*1H;/q;;-1;;;;+2/p-1/b;13-9-;;;;;/t23-,25-,26+,27+,34-;21-,23-,24+,25+,32-;;;;;/m11...../s1. The van der Waals surface area contributed by atoms with Crippen molar-refractivity contribution in [3.63, 3.8) is 0 Å². The van der Waals surface area contributed by atoms with Crippen LogP contribution in [0.5, 0.6) is 5.75 Å². The summed E-state index contributed by atoms with van der Waals surface area (Å²) in [6.45, 7) is 40.8. The zero-order chi connectivity index (χ0) is 97.6. The van der Waals surface area contributed by atoms with E-state index in [0.29, 0.717) is 37.0 Å². The number of nitrogens with one attached hydrogen (secondary N) is 2. The van der Waals surface area contributed by atoms with Gasteiger partial charge in [0, 0.05) is 63.0 Å². The second-order valence-corrected chi connectivity index (χ2v) is 43.2. The van der Waals surface area contributed by atoms with Crippen LogP contribution in [0.25, 0.3) is 0 Å². The number of esters is 4. The summed E-state index contributed by atoms with van der Waals surface area (Å²) in [6.07, 6.45) is 14.6. The Morgan fingerprint density at radius 3 is 1.73 bits per heavy atom. The summed E-state index contributed by atoms with van der Waals surface area (Å²) in [7, 11) is 13.9. The van der Waals surface area contributed by atoms with E-state index in [1.54, 1.807) is 52.2 Å². The number of ether oxygens (including phenoxy) is 9. The van der Waals surface area contributed by atoms with E-state index in [0.717, 1.165) is 113 Å². The average Bonchev–Trinajstić information content (AvgIpc) is 1.55. The summed E-state index contributed by atoms with van der Waals surface area (Å²) in [5.74, 6) is -6.17. The molecule has 8 aliphatic rings. The summed E-state index contributed by atoms with van der Waals surface area (Å²) < 4.78 is 49.4. The predicted molar refractivity (Wildman–Crippen MR) is 497 cm³/mol. The van der Waals surface area contributed by atoms with Gasteiger partial charge in [-0.05, 0) is 208 Å². The van der Waals surface area contributed by atoms with Gasteiger partial charge in [0.1, 0.15) is 59.8 Å². The molecule has 32 nitrogen and oxygen atoms in total. The Kier molecular flexibility index (Phi) is 39.2. The van der Waals surface area contributed by atoms with Gasteiger partial charge in [0.15, 0.2) is 11.1 Å². The van der Waals surface area contributed by atoms with Crippen LogP contribution in [0.1, 0.15) is 249 Å². The number of unbranched alkanes of at least 4 members (excludes halogenated alkanes) is 3. The number of halogens is 2. The first-order chi connectivity index (χ1) is 62.2. The van der Waals surface area contributed by atoms with Crippen LogP contribution in [0.3, 0.4) is 0 Å². The summed E-state index contributed by atoms with van der Waals surface area (Å²) in [4.78, 5) is 180. The van der Waals surface area contributed by atoms with E-state index >= 15 is 0 Å². The summed E-state index contributed by atoms with van der Waals surface area (Å²) in [6, 6.07) is 8.91. The van der Waals surface area contributed by atoms with Crippen molar-refractivity contribution in [2.75, 3.05) is 50.2 Å². The number of methoxy groups -OCH3 is 2. The molecule has 3 saturated heterocycles. The third-order valence-corrected chi connectivity index (χ3v) is 25.9. The van der Waals surface area contributed by atoms with Gasteiger partial charge in [0.25, 0.3) is 11.8 Å². The molecule has 132 heavy (non-hydrogen) atoms. The molecular weight excluding hydrogens is 1830 g/mol. The van der Waals surface area contributed by atoms with Gasteiger partial charge < -0.3 is 68.1 Å². The van der Waals surface area contributed by atoms with E-state index in [2.05, 4.69) is 111 Å². The monoisotopic (exact) mass is 1970 g/mol. The summed E-state index contributed by atoms with van der Waals surface area (Å²) >= 11 is -2.03. The minimum Gasteiger partial charge on any atom is -0.502 e. The number of likely N-dealkylation sites (tertiary alicyclic amines) is 1. The number of carbonyl (C=O) groups excluding carboxylic acids is 12. The Morgan fingerprint density at radius 2 is 1.23 bits per heavy atom. The number of carbonyl (C=O) groups is 12. The Morgan fingerprint density at radius 1 is 0.682 bits per heavy atom. The Labute approximate surface area is 789 Å². The van der Waals surface area contributed by atoms with Crippen molar-refractivity contribution in [1.29, 1.82) is 0 Å². The molecule has 0 bridgehead atoms. The number of hydrogen-bond donors (Lipinski definition) is 2. The van der Waals surface area contributed by atoms with Crippen molar-refractivity contribution in [2.24, 2.45) is 11.8 Å². The number of aliphatic hydroxyl groups is 1. The first-order valence-corrected chi connectivity index (χ1v) is 51.2. The van der Waals surface area contributed by atoms with Gasteiger partial charge in [-0.25, -0.2) is 38.6 Å². The molecule has 4 saturated carbocycles. The fourth-order valence-electron chi connectivity index (χ4n) is 18.3. The number of rotatable bonds is 24. The molecule has 7 fully saturated rings. The Hall–Kier alpha value is -10.0. The van der Waals surface area contributed by atoms with Crippen LogP contribution in [-0.4, -0.2) is 223 Å². The fourth-order valence-corrected chi connectivity index (χ4v) is 20.1. The molecule has 0 spiro atoms. The van der Waals surface area contributed by atoms with E-state index < -0.39 is 161 Å². The van der Waals surface area contributed by atoms with Crippen LogP contribution < -0.4 is 20.4 Å². The van der Waals surface area contributed by atoms with E-state index in [9.17, 15) is 67.6 Å². The molecule has 3 aromatic carbocycles. The van der Waals surface area contributed by atoms with Crippen LogP contribution in [0, 0.1) is 70.2 Å². The number of fused-ring (bicyclic) bond motifs is 2. The minimum atomic E-state index is -2.03. The maximum absolute atomic E-state index is 14.5. The SMILES string of the molecule is C=CCCCCC[C@H](NC(=O)OC1CCCC1)C(=O)N1C[C@H](OC(C)=O)C[C@H]1C(=O)N(C(=O)OC(C)(C)C)[C@]1(C(=O)OC)C[C@H]1C=C.CC(C)[OH+]c1ccc([N+](=O)[O-])cc1[CH]=[Ru]([Cl])[Cl].COC(=O)[C@@]12C[C@H]1/C=C\CCCCC[C@H](NC(=O)OC1CCCC1)C(=O)N1C[C@H](OC(C)=O)C[C@H]1C(=O)N2C(=O)OC(C)(C)C.Cc1cc(C)c(N2[CH-]N(c3c(C)cc(C)cc3C)CC2)c(C)c1. The molecule has 730 valence electrons. The Bertz CT molecular complexity index is 4630. The van der Waals surface area contributed by atoms with Crippen molar-refractivity contribution in [3.05, 3.63) is 136 Å². The van der Waals surface area contributed by atoms with Gasteiger partial charge >= 0.3 is 161 Å². The van der Waals surface area contributed by atoms with Gasteiger partial charge in [-0.2, -0.15) is 6.67 Å². The van der Waals surface area contributed by atoms with Crippen LogP contribution in [0.2, 0.25) is 0 Å². The number of nitrogens with zero attached hydrogens (tertiary/aromatic N) is 7. The van der Waals surface area contributed by atoms with Crippen molar-refractivity contribution < 1.29 is 119 Å². The van der Waals surface area contributed by atoms with Gasteiger partial charge in [-0.15, -0.1) is 13.2 Å². The minimum absolute atomic E-state index is 0.0164. The molecule has 0 radical (unpaired) electrons. The first-order valence-electron chi connectivity index (χ1n) is 45.7.